The first-order valence-corrected chi connectivity index (χ1v) is 8.13. The molecule has 0 bridgehead atoms. The zero-order chi connectivity index (χ0) is 12.7. The normalized spacial score (nSPS) is 14.2. The second-order valence-electron chi connectivity index (χ2n) is 3.26. The average molecular weight is 341 g/mol. The van der Waals surface area contributed by atoms with E-state index in [1.807, 2.05) is 24.3 Å². The number of halogens is 1. The van der Waals surface area contributed by atoms with E-state index in [9.17, 15) is 4.21 Å². The fraction of sp³-hybridized carbons (Fsp3) is 0.400. The average Bonchev–Trinajstić information content (AvgIpc) is 2.24. The number of benzene rings is 1. The first kappa shape index (κ1) is 14.8. The molecule has 17 heavy (non-hydrogen) atoms. The minimum atomic E-state index is -3.48. The molecule has 0 aliphatic carbocycles. The fourth-order valence-corrected chi connectivity index (χ4v) is 1.89. The van der Waals surface area contributed by atoms with E-state index in [1.165, 1.54) is 0 Å². The van der Waals surface area contributed by atoms with Gasteiger partial charge in [0.05, 0.1) is 13.2 Å². The van der Waals surface area contributed by atoms with E-state index in [2.05, 4.69) is 31.3 Å². The summed E-state index contributed by atoms with van der Waals surface area (Å²) < 4.78 is 30.2. The van der Waals surface area contributed by atoms with Crippen molar-refractivity contribution in [2.45, 2.75) is 12.8 Å². The first-order chi connectivity index (χ1) is 7.97. The van der Waals surface area contributed by atoms with Gasteiger partial charge < -0.3 is 4.74 Å². The number of hydrogen-bond acceptors (Lipinski definition) is 4. The van der Waals surface area contributed by atoms with Crippen molar-refractivity contribution in [3.8, 4) is 5.75 Å². The molecule has 0 amide bonds. The van der Waals surface area contributed by atoms with Crippen molar-refractivity contribution in [1.82, 2.24) is 0 Å². The Balaban J connectivity index is 2.10. The van der Waals surface area contributed by atoms with E-state index in [1.54, 1.807) is 0 Å². The second-order valence-corrected chi connectivity index (χ2v) is 6.53. The van der Waals surface area contributed by atoms with Crippen molar-refractivity contribution in [3.05, 3.63) is 28.7 Å². The lowest BCUT2D eigenvalue weighted by molar-refractivity contribution is 0.263. The summed E-state index contributed by atoms with van der Waals surface area (Å²) in [6.45, 7) is 0.706. The molecule has 4 nitrogen and oxygen atoms in total. The van der Waals surface area contributed by atoms with Crippen LogP contribution in [-0.2, 0) is 24.4 Å². The molecule has 1 rings (SSSR count). The van der Waals surface area contributed by atoms with Crippen molar-refractivity contribution >= 4 is 36.2 Å². The van der Waals surface area contributed by atoms with Crippen LogP contribution in [0.25, 0.3) is 0 Å². The third kappa shape index (κ3) is 7.67. The van der Waals surface area contributed by atoms with Crippen LogP contribution in [0.4, 0.5) is 0 Å². The van der Waals surface area contributed by atoms with Gasteiger partial charge in [-0.15, -0.1) is 0 Å². The summed E-state index contributed by atoms with van der Waals surface area (Å²) in [5.74, 6) is 0.795. The molecule has 7 heteroatoms. The maximum Gasteiger partial charge on any atom is 0.266 e. The standard InChI is InChI=1S/C10H13BrO4S2/c11-9-3-5-10(6-4-9)14-7-1-2-8-15-17(12,13)16/h3-6H,1-2,7-8H2,(H,12,13,16). The van der Waals surface area contributed by atoms with E-state index in [4.69, 9.17) is 9.29 Å². The summed E-state index contributed by atoms with van der Waals surface area (Å²) in [4.78, 5) is 0. The summed E-state index contributed by atoms with van der Waals surface area (Å²) in [6, 6.07) is 7.53. The minimum Gasteiger partial charge on any atom is -0.494 e. The lowest BCUT2D eigenvalue weighted by Gasteiger charge is -2.06. The maximum absolute atomic E-state index is 10.6. The predicted octanol–water partition coefficient (Wildman–Crippen LogP) is 2.76. The molecular formula is C10H13BrO4S2. The molecule has 0 aliphatic heterocycles. The third-order valence-electron chi connectivity index (χ3n) is 1.85. The largest absolute Gasteiger partial charge is 0.494 e. The third-order valence-corrected chi connectivity index (χ3v) is 3.14. The fourth-order valence-electron chi connectivity index (χ4n) is 1.09. The molecule has 0 fully saturated rings. The smallest absolute Gasteiger partial charge is 0.266 e. The van der Waals surface area contributed by atoms with E-state index in [0.717, 1.165) is 16.6 Å². The van der Waals surface area contributed by atoms with Crippen molar-refractivity contribution in [2.75, 3.05) is 13.2 Å². The van der Waals surface area contributed by atoms with Gasteiger partial charge >= 0.3 is 0 Å². The van der Waals surface area contributed by atoms with Gasteiger partial charge in [0, 0.05) is 15.7 Å². The Kier molecular flexibility index (Phi) is 6.35. The van der Waals surface area contributed by atoms with Crippen LogP contribution in [0, 0.1) is 0 Å². The second kappa shape index (κ2) is 7.27. The van der Waals surface area contributed by atoms with E-state index < -0.39 is 9.05 Å². The topological polar surface area (TPSA) is 55.8 Å². The highest BCUT2D eigenvalue weighted by molar-refractivity contribution is 9.10. The molecule has 0 saturated heterocycles. The molecule has 1 N–H and O–H groups in total. The first-order valence-electron chi connectivity index (χ1n) is 4.97. The summed E-state index contributed by atoms with van der Waals surface area (Å²) in [7, 11) is -3.48. The summed E-state index contributed by atoms with van der Waals surface area (Å²) in [5, 5.41) is 0. The monoisotopic (exact) mass is 340 g/mol. The van der Waals surface area contributed by atoms with Crippen molar-refractivity contribution in [1.29, 1.82) is 0 Å². The number of hydrogen-bond donors (Lipinski definition) is 1. The Morgan fingerprint density at radius 1 is 1.24 bits per heavy atom. The molecule has 1 atom stereocenters. The van der Waals surface area contributed by atoms with Gasteiger partial charge in [-0.2, -0.15) is 4.21 Å². The van der Waals surface area contributed by atoms with Crippen LogP contribution in [0.3, 0.4) is 0 Å². The van der Waals surface area contributed by atoms with Gasteiger partial charge in [0.15, 0.2) is 0 Å². The molecule has 0 radical (unpaired) electrons. The zero-order valence-corrected chi connectivity index (χ0v) is 12.2. The quantitative estimate of drug-likeness (QED) is 0.773. The molecule has 0 spiro atoms. The van der Waals surface area contributed by atoms with Gasteiger partial charge in [0.25, 0.3) is 9.05 Å². The van der Waals surface area contributed by atoms with E-state index in [-0.39, 0.29) is 6.61 Å². The molecule has 1 unspecified atom stereocenters. The van der Waals surface area contributed by atoms with Crippen molar-refractivity contribution in [2.24, 2.45) is 0 Å². The molecule has 0 saturated carbocycles. The van der Waals surface area contributed by atoms with Gasteiger partial charge in [-0.05, 0) is 37.1 Å². The Labute approximate surface area is 114 Å². The van der Waals surface area contributed by atoms with Crippen LogP contribution >= 0.6 is 15.9 Å². The maximum atomic E-state index is 10.6. The Hall–Kier alpha value is -0.210. The lowest BCUT2D eigenvalue weighted by atomic mass is 10.3. The molecule has 1 aromatic carbocycles. The van der Waals surface area contributed by atoms with Crippen LogP contribution in [0.2, 0.25) is 0 Å². The highest BCUT2D eigenvalue weighted by Gasteiger charge is 1.99. The van der Waals surface area contributed by atoms with Gasteiger partial charge in [-0.1, -0.05) is 15.9 Å². The summed E-state index contributed by atoms with van der Waals surface area (Å²) in [6.07, 6.45) is 1.37. The van der Waals surface area contributed by atoms with E-state index in [0.29, 0.717) is 13.0 Å². The van der Waals surface area contributed by atoms with Gasteiger partial charge in [0.2, 0.25) is 0 Å². The number of ether oxygens (including phenoxy) is 1. The van der Waals surface area contributed by atoms with Gasteiger partial charge in [-0.3, -0.25) is 8.74 Å². The van der Waals surface area contributed by atoms with Crippen LogP contribution in [0.15, 0.2) is 28.7 Å². The van der Waals surface area contributed by atoms with Crippen LogP contribution < -0.4 is 4.74 Å². The Morgan fingerprint density at radius 2 is 1.82 bits per heavy atom. The van der Waals surface area contributed by atoms with Crippen LogP contribution in [0.5, 0.6) is 5.75 Å². The van der Waals surface area contributed by atoms with Crippen molar-refractivity contribution in [3.63, 3.8) is 0 Å². The molecule has 0 heterocycles. The van der Waals surface area contributed by atoms with E-state index >= 15 is 0 Å². The molecule has 96 valence electrons. The highest BCUT2D eigenvalue weighted by atomic mass is 79.9. The van der Waals surface area contributed by atoms with Gasteiger partial charge in [-0.25, -0.2) is 0 Å². The Morgan fingerprint density at radius 3 is 2.41 bits per heavy atom. The number of unbranched alkanes of at least 4 members (excludes halogenated alkanes) is 1. The van der Waals surface area contributed by atoms with Crippen LogP contribution in [0.1, 0.15) is 12.8 Å². The van der Waals surface area contributed by atoms with Crippen LogP contribution in [-0.4, -0.2) is 22.0 Å². The summed E-state index contributed by atoms with van der Waals surface area (Å²) in [5.41, 5.74) is 0. The minimum absolute atomic E-state index is 0.169. The molecule has 0 aliphatic rings. The lowest BCUT2D eigenvalue weighted by Crippen LogP contribution is -2.05. The van der Waals surface area contributed by atoms with Crippen molar-refractivity contribution < 1.29 is 17.7 Å². The van der Waals surface area contributed by atoms with Gasteiger partial charge in [0.1, 0.15) is 5.75 Å². The molecular weight excluding hydrogens is 328 g/mol. The predicted molar refractivity (Wildman–Crippen MR) is 73.0 cm³/mol. The molecule has 1 aromatic rings. The highest BCUT2D eigenvalue weighted by Crippen LogP contribution is 2.16. The SMILES string of the molecule is O=S(O)(=S)OCCCCOc1ccc(Br)cc1. The number of rotatable bonds is 7. The summed E-state index contributed by atoms with van der Waals surface area (Å²) >= 11 is 7.51. The Bertz CT molecular complexity index is 430. The zero-order valence-electron chi connectivity index (χ0n) is 9.00. The molecule has 0 aromatic heterocycles.